The standard InChI is InChI=1S/C2H4NO2Si/c1-2(4)5-3-6/h3H,1H3. The Kier molecular flexibility index (Phi) is 2.69. The summed E-state index contributed by atoms with van der Waals surface area (Å²) in [5, 5.41) is 2.02. The fourth-order valence-electron chi connectivity index (χ4n) is 0.0719. The molecule has 0 bridgehead atoms. The fraction of sp³-hybridized carbons (Fsp3) is 0.500. The minimum Gasteiger partial charge on any atom is -0.379 e. The molecule has 0 unspecified atom stereocenters. The molecule has 0 aliphatic heterocycles. The van der Waals surface area contributed by atoms with Crippen LogP contribution in [0.5, 0.6) is 0 Å². The van der Waals surface area contributed by atoms with Crippen LogP contribution >= 0.6 is 0 Å². The van der Waals surface area contributed by atoms with Gasteiger partial charge in [-0.05, 0) is 0 Å². The number of nitrogens with one attached hydrogen (secondary N) is 1. The summed E-state index contributed by atoms with van der Waals surface area (Å²) >= 11 is 0. The van der Waals surface area contributed by atoms with Crippen LogP contribution in [-0.4, -0.2) is 16.4 Å². The second kappa shape index (κ2) is 2.86. The number of hydrogen-bond acceptors (Lipinski definition) is 3. The summed E-state index contributed by atoms with van der Waals surface area (Å²) in [6.07, 6.45) is 0. The topological polar surface area (TPSA) is 38.3 Å². The van der Waals surface area contributed by atoms with Gasteiger partial charge in [0, 0.05) is 6.92 Å². The van der Waals surface area contributed by atoms with Gasteiger partial charge in [-0.2, -0.15) is 5.15 Å². The highest BCUT2D eigenvalue weighted by molar-refractivity contribution is 6.03. The van der Waals surface area contributed by atoms with Gasteiger partial charge in [0.1, 0.15) is 0 Å². The Bertz CT molecular complexity index is 55.5. The van der Waals surface area contributed by atoms with Crippen molar-refractivity contribution in [2.24, 2.45) is 0 Å². The molecule has 0 saturated heterocycles. The largest absolute Gasteiger partial charge is 0.379 e. The lowest BCUT2D eigenvalue weighted by atomic mass is 10.8. The Balaban J connectivity index is 2.83. The third kappa shape index (κ3) is 3.65. The Morgan fingerprint density at radius 1 is 2.00 bits per heavy atom. The van der Waals surface area contributed by atoms with E-state index in [2.05, 4.69) is 15.2 Å². The van der Waals surface area contributed by atoms with Crippen LogP contribution in [-0.2, 0) is 9.63 Å². The Hall–Kier alpha value is -0.353. The quantitative estimate of drug-likeness (QED) is 0.346. The first-order chi connectivity index (χ1) is 2.77. The molecule has 33 valence electrons. The molecular weight excluding hydrogens is 98.1 g/mol. The van der Waals surface area contributed by atoms with E-state index >= 15 is 0 Å². The lowest BCUT2D eigenvalue weighted by Crippen LogP contribution is -2.12. The summed E-state index contributed by atoms with van der Waals surface area (Å²) < 4.78 is 0. The molecule has 0 aromatic heterocycles. The van der Waals surface area contributed by atoms with Crippen molar-refractivity contribution in [2.75, 3.05) is 0 Å². The van der Waals surface area contributed by atoms with E-state index in [9.17, 15) is 4.79 Å². The summed E-state index contributed by atoms with van der Waals surface area (Å²) in [6.45, 7) is 1.30. The number of carbonyl (C=O) groups is 1. The van der Waals surface area contributed by atoms with Gasteiger partial charge >= 0.3 is 5.97 Å². The van der Waals surface area contributed by atoms with E-state index in [0.29, 0.717) is 0 Å². The van der Waals surface area contributed by atoms with Crippen molar-refractivity contribution >= 4 is 16.4 Å². The fourth-order valence-corrected chi connectivity index (χ4v) is 0.216. The second-order valence-electron chi connectivity index (χ2n) is 0.696. The van der Waals surface area contributed by atoms with Crippen molar-refractivity contribution in [1.82, 2.24) is 5.15 Å². The van der Waals surface area contributed by atoms with E-state index in [1.165, 1.54) is 6.92 Å². The highest BCUT2D eigenvalue weighted by Gasteiger charge is 1.81. The third-order valence-corrected chi connectivity index (χ3v) is 0.297. The molecular formula is C2H4NO2Si. The third-order valence-electron chi connectivity index (χ3n) is 0.195. The van der Waals surface area contributed by atoms with E-state index in [-0.39, 0.29) is 5.97 Å². The van der Waals surface area contributed by atoms with Crippen LogP contribution in [0, 0.1) is 0 Å². The van der Waals surface area contributed by atoms with Crippen molar-refractivity contribution in [2.45, 2.75) is 6.92 Å². The predicted octanol–water partition coefficient (Wildman–Crippen LogP) is -0.862. The number of rotatable bonds is 1. The molecule has 0 amide bonds. The molecule has 1 N–H and O–H groups in total. The Morgan fingerprint density at radius 2 is 2.50 bits per heavy atom. The summed E-state index contributed by atoms with van der Waals surface area (Å²) in [6, 6.07) is 0. The molecule has 0 aliphatic rings. The van der Waals surface area contributed by atoms with Crippen LogP contribution in [0.3, 0.4) is 0 Å². The molecule has 0 aromatic carbocycles. The smallest absolute Gasteiger partial charge is 0.320 e. The SMILES string of the molecule is CC(=O)ON[Si]. The van der Waals surface area contributed by atoms with Crippen molar-refractivity contribution < 1.29 is 9.63 Å². The molecule has 0 spiro atoms. The molecule has 0 saturated carbocycles. The summed E-state index contributed by atoms with van der Waals surface area (Å²) in [7, 11) is 2.70. The number of hydrogen-bond donors (Lipinski definition) is 1. The van der Waals surface area contributed by atoms with Gasteiger partial charge in [-0.1, -0.05) is 0 Å². The molecule has 0 aliphatic carbocycles. The maximum atomic E-state index is 9.73. The highest BCUT2D eigenvalue weighted by Crippen LogP contribution is 1.60. The van der Waals surface area contributed by atoms with Gasteiger partial charge in [0.05, 0.1) is 0 Å². The maximum Gasteiger partial charge on any atom is 0.320 e. The van der Waals surface area contributed by atoms with Crippen LogP contribution in [0.1, 0.15) is 6.92 Å². The average molecular weight is 102 g/mol. The molecule has 0 fully saturated rings. The molecule has 3 radical (unpaired) electrons. The van der Waals surface area contributed by atoms with Gasteiger partial charge in [0.25, 0.3) is 0 Å². The molecule has 0 atom stereocenters. The van der Waals surface area contributed by atoms with Gasteiger partial charge < -0.3 is 4.84 Å². The van der Waals surface area contributed by atoms with Crippen LogP contribution in [0.4, 0.5) is 0 Å². The highest BCUT2D eigenvalue weighted by atomic mass is 28.2. The maximum absolute atomic E-state index is 9.73. The zero-order valence-corrected chi connectivity index (χ0v) is 4.32. The first-order valence-electron chi connectivity index (χ1n) is 1.36. The first-order valence-corrected chi connectivity index (χ1v) is 1.86. The minimum absolute atomic E-state index is 0.370. The summed E-state index contributed by atoms with van der Waals surface area (Å²) in [4.78, 5) is 13.8. The lowest BCUT2D eigenvalue weighted by molar-refractivity contribution is -0.144. The molecule has 0 heterocycles. The average Bonchev–Trinajstić information content (AvgIpc) is 1.35. The zero-order valence-electron chi connectivity index (χ0n) is 3.32. The molecule has 0 aromatic rings. The van der Waals surface area contributed by atoms with Crippen LogP contribution in [0.25, 0.3) is 0 Å². The molecule has 6 heavy (non-hydrogen) atoms. The van der Waals surface area contributed by atoms with Crippen molar-refractivity contribution in [3.05, 3.63) is 0 Å². The normalized spacial score (nSPS) is 7.67. The van der Waals surface area contributed by atoms with E-state index in [0.717, 1.165) is 0 Å². The van der Waals surface area contributed by atoms with Gasteiger partial charge in [-0.15, -0.1) is 0 Å². The van der Waals surface area contributed by atoms with Gasteiger partial charge in [0.15, 0.2) is 10.4 Å². The molecule has 4 heteroatoms. The number of carbonyl (C=O) groups excluding carboxylic acids is 1. The van der Waals surface area contributed by atoms with Crippen molar-refractivity contribution in [1.29, 1.82) is 0 Å². The molecule has 0 rings (SSSR count). The zero-order chi connectivity index (χ0) is 4.99. The van der Waals surface area contributed by atoms with Crippen molar-refractivity contribution in [3.8, 4) is 0 Å². The predicted molar refractivity (Wildman–Crippen MR) is 20.7 cm³/mol. The first kappa shape index (κ1) is 5.65. The Morgan fingerprint density at radius 3 is 2.50 bits per heavy atom. The van der Waals surface area contributed by atoms with Crippen LogP contribution < -0.4 is 5.15 Å². The lowest BCUT2D eigenvalue weighted by Gasteiger charge is -1.90. The monoisotopic (exact) mass is 102 g/mol. The van der Waals surface area contributed by atoms with E-state index < -0.39 is 0 Å². The van der Waals surface area contributed by atoms with E-state index in [1.54, 1.807) is 0 Å². The molecule has 3 nitrogen and oxygen atoms in total. The summed E-state index contributed by atoms with van der Waals surface area (Å²) in [5.41, 5.74) is 0. The Labute approximate surface area is 39.1 Å². The van der Waals surface area contributed by atoms with Gasteiger partial charge in [0.2, 0.25) is 0 Å². The van der Waals surface area contributed by atoms with Crippen molar-refractivity contribution in [3.63, 3.8) is 0 Å². The van der Waals surface area contributed by atoms with Crippen LogP contribution in [0.2, 0.25) is 0 Å². The van der Waals surface area contributed by atoms with Crippen LogP contribution in [0.15, 0.2) is 0 Å². The second-order valence-corrected chi connectivity index (χ2v) is 0.900. The van der Waals surface area contributed by atoms with Gasteiger partial charge in [-0.3, -0.25) is 4.79 Å². The van der Waals surface area contributed by atoms with Gasteiger partial charge in [-0.25, -0.2) is 0 Å². The van der Waals surface area contributed by atoms with E-state index in [1.807, 2.05) is 5.15 Å². The minimum atomic E-state index is -0.370. The summed E-state index contributed by atoms with van der Waals surface area (Å²) in [5.74, 6) is -0.370. The van der Waals surface area contributed by atoms with E-state index in [4.69, 9.17) is 0 Å².